The van der Waals surface area contributed by atoms with E-state index in [-0.39, 0.29) is 29.7 Å². The van der Waals surface area contributed by atoms with Gasteiger partial charge in [-0.15, -0.1) is 11.3 Å². The lowest BCUT2D eigenvalue weighted by atomic mass is 9.85. The third-order valence-electron chi connectivity index (χ3n) is 6.01. The third-order valence-corrected chi connectivity index (χ3v) is 8.86. The number of carbonyl (C=O) groups excluding carboxylic acids is 2. The van der Waals surface area contributed by atoms with Crippen LogP contribution < -0.4 is 10.2 Å². The average molecular weight is 447 g/mol. The summed E-state index contributed by atoms with van der Waals surface area (Å²) in [5, 5.41) is 4.96. The van der Waals surface area contributed by atoms with Gasteiger partial charge in [-0.1, -0.05) is 23.8 Å². The summed E-state index contributed by atoms with van der Waals surface area (Å²) >= 11 is 1.53. The molecule has 3 heterocycles. The van der Waals surface area contributed by atoms with Crippen molar-refractivity contribution in [2.45, 2.75) is 44.7 Å². The van der Waals surface area contributed by atoms with Crippen molar-refractivity contribution in [2.24, 2.45) is 5.92 Å². The molecule has 2 aliphatic heterocycles. The predicted octanol–water partition coefficient (Wildman–Crippen LogP) is 3.23. The zero-order valence-corrected chi connectivity index (χ0v) is 18.8. The van der Waals surface area contributed by atoms with Gasteiger partial charge in [-0.3, -0.25) is 9.59 Å². The Hall–Kier alpha value is -2.19. The minimum Gasteiger partial charge on any atom is -0.350 e. The lowest BCUT2D eigenvalue weighted by Crippen LogP contribution is -2.54. The summed E-state index contributed by atoms with van der Waals surface area (Å²) in [5.41, 5.74) is 1.11. The van der Waals surface area contributed by atoms with E-state index >= 15 is 0 Å². The Bertz CT molecular complexity index is 1050. The van der Waals surface area contributed by atoms with Crippen molar-refractivity contribution in [1.29, 1.82) is 0 Å². The number of carbonyl (C=O) groups is 2. The second-order valence-corrected chi connectivity index (χ2v) is 11.8. The van der Waals surface area contributed by atoms with E-state index in [9.17, 15) is 18.0 Å². The lowest BCUT2D eigenvalue weighted by molar-refractivity contribution is -0.130. The summed E-state index contributed by atoms with van der Waals surface area (Å²) in [4.78, 5) is 29.0. The highest BCUT2D eigenvalue weighted by Gasteiger charge is 2.45. The van der Waals surface area contributed by atoms with Crippen LogP contribution in [-0.2, 0) is 19.4 Å². The molecule has 3 unspecified atom stereocenters. The first-order valence-electron chi connectivity index (χ1n) is 10.1. The van der Waals surface area contributed by atoms with Gasteiger partial charge in [0, 0.05) is 17.0 Å². The summed E-state index contributed by atoms with van der Waals surface area (Å²) in [7, 11) is -3.13. The number of piperidine rings is 1. The van der Waals surface area contributed by atoms with Gasteiger partial charge in [0.15, 0.2) is 9.84 Å². The van der Waals surface area contributed by atoms with E-state index in [2.05, 4.69) is 5.32 Å². The molecule has 6 nitrogen and oxygen atoms in total. The van der Waals surface area contributed by atoms with Crippen LogP contribution in [0.4, 0.5) is 5.69 Å². The van der Waals surface area contributed by atoms with Crippen LogP contribution >= 0.6 is 11.3 Å². The van der Waals surface area contributed by atoms with Crippen molar-refractivity contribution in [3.05, 3.63) is 52.2 Å². The fourth-order valence-corrected chi connectivity index (χ4v) is 7.43. The topological polar surface area (TPSA) is 83.6 Å². The van der Waals surface area contributed by atoms with Gasteiger partial charge in [-0.05, 0) is 50.3 Å². The van der Waals surface area contributed by atoms with Crippen LogP contribution in [0.5, 0.6) is 0 Å². The molecule has 160 valence electrons. The molecule has 2 aliphatic rings. The highest BCUT2D eigenvalue weighted by molar-refractivity contribution is 7.91. The van der Waals surface area contributed by atoms with Gasteiger partial charge in [0.2, 0.25) is 11.8 Å². The molecule has 4 rings (SSSR count). The molecule has 2 aromatic rings. The fraction of sp³-hybridized carbons (Fsp3) is 0.455. The lowest BCUT2D eigenvalue weighted by Gasteiger charge is -2.41. The zero-order valence-electron chi connectivity index (χ0n) is 17.1. The molecule has 0 aliphatic carbocycles. The molecule has 2 fully saturated rings. The molecule has 0 spiro atoms. The highest BCUT2D eigenvalue weighted by Crippen LogP contribution is 2.42. The number of hydrogen-bond donors (Lipinski definition) is 1. The maximum absolute atomic E-state index is 13.4. The van der Waals surface area contributed by atoms with Crippen LogP contribution in [0.3, 0.4) is 0 Å². The number of aryl methyl sites for hydroxylation is 1. The maximum atomic E-state index is 13.4. The Labute approximate surface area is 181 Å². The van der Waals surface area contributed by atoms with Crippen LogP contribution in [0.15, 0.2) is 41.8 Å². The number of nitrogens with zero attached hydrogens (tertiary/aromatic N) is 1. The summed E-state index contributed by atoms with van der Waals surface area (Å²) in [6.45, 7) is 3.78. The second-order valence-electron chi connectivity index (χ2n) is 8.60. The van der Waals surface area contributed by atoms with E-state index in [1.54, 1.807) is 11.8 Å². The number of amides is 2. The van der Waals surface area contributed by atoms with Gasteiger partial charge in [0.05, 0.1) is 29.0 Å². The number of thiophene rings is 1. The predicted molar refractivity (Wildman–Crippen MR) is 118 cm³/mol. The van der Waals surface area contributed by atoms with E-state index in [0.717, 1.165) is 16.1 Å². The molecular formula is C22H26N2O4S2. The number of nitrogens with one attached hydrogen (secondary N) is 1. The standard InChI is InChI=1S/C22H26N2O4S2/c1-15-5-7-16(8-6-15)24-19(25)10-9-17(20(24)18-4-3-12-29-18)21(26)23-22(2)11-13-30(27,28)14-22/h3-8,12,17,20H,9-11,13-14H2,1-2H3,(H,23,26). The molecule has 8 heteroatoms. The molecule has 3 atom stereocenters. The molecule has 0 bridgehead atoms. The Morgan fingerprint density at radius 3 is 2.57 bits per heavy atom. The summed E-state index contributed by atoms with van der Waals surface area (Å²) in [5.74, 6) is -0.573. The Kier molecular flexibility index (Phi) is 5.48. The summed E-state index contributed by atoms with van der Waals surface area (Å²) in [6, 6.07) is 11.2. The molecule has 1 N–H and O–H groups in total. The average Bonchev–Trinajstić information content (AvgIpc) is 3.30. The number of sulfone groups is 1. The monoisotopic (exact) mass is 446 g/mol. The first kappa shape index (κ1) is 21.1. The molecule has 1 aromatic carbocycles. The molecule has 30 heavy (non-hydrogen) atoms. The van der Waals surface area contributed by atoms with E-state index in [1.807, 2.05) is 48.7 Å². The van der Waals surface area contributed by atoms with Gasteiger partial charge in [-0.25, -0.2) is 8.42 Å². The van der Waals surface area contributed by atoms with Crippen molar-refractivity contribution in [2.75, 3.05) is 16.4 Å². The van der Waals surface area contributed by atoms with Gasteiger partial charge >= 0.3 is 0 Å². The van der Waals surface area contributed by atoms with E-state index in [0.29, 0.717) is 12.8 Å². The van der Waals surface area contributed by atoms with E-state index in [4.69, 9.17) is 0 Å². The molecule has 0 radical (unpaired) electrons. The normalized spacial score (nSPS) is 28.5. The van der Waals surface area contributed by atoms with Crippen LogP contribution in [-0.4, -0.2) is 37.3 Å². The molecule has 2 saturated heterocycles. The van der Waals surface area contributed by atoms with Crippen molar-refractivity contribution in [3.8, 4) is 0 Å². The highest BCUT2D eigenvalue weighted by atomic mass is 32.2. The van der Waals surface area contributed by atoms with Crippen molar-refractivity contribution in [3.63, 3.8) is 0 Å². The Morgan fingerprint density at radius 2 is 1.97 bits per heavy atom. The number of anilines is 1. The summed E-state index contributed by atoms with van der Waals surface area (Å²) < 4.78 is 23.9. The van der Waals surface area contributed by atoms with Gasteiger partial charge in [-0.2, -0.15) is 0 Å². The maximum Gasteiger partial charge on any atom is 0.227 e. The Morgan fingerprint density at radius 1 is 1.23 bits per heavy atom. The second kappa shape index (κ2) is 7.81. The number of benzene rings is 1. The third kappa shape index (κ3) is 4.16. The zero-order chi connectivity index (χ0) is 21.5. The minimum atomic E-state index is -3.13. The summed E-state index contributed by atoms with van der Waals surface area (Å²) in [6.07, 6.45) is 1.14. The van der Waals surface area contributed by atoms with E-state index in [1.165, 1.54) is 11.3 Å². The Balaban J connectivity index is 1.67. The smallest absolute Gasteiger partial charge is 0.227 e. The van der Waals surface area contributed by atoms with Crippen LogP contribution in [0, 0.1) is 12.8 Å². The van der Waals surface area contributed by atoms with Gasteiger partial charge in [0.1, 0.15) is 0 Å². The molecular weight excluding hydrogens is 420 g/mol. The SMILES string of the molecule is Cc1ccc(N2C(=O)CCC(C(=O)NC3(C)CCS(=O)(=O)C3)C2c2cccs2)cc1. The van der Waals surface area contributed by atoms with Gasteiger partial charge in [0.25, 0.3) is 0 Å². The molecule has 2 amide bonds. The van der Waals surface area contributed by atoms with Crippen LogP contribution in [0.1, 0.15) is 42.7 Å². The van der Waals surface area contributed by atoms with E-state index < -0.39 is 27.3 Å². The number of hydrogen-bond acceptors (Lipinski definition) is 5. The van der Waals surface area contributed by atoms with Crippen LogP contribution in [0.2, 0.25) is 0 Å². The first-order chi connectivity index (χ1) is 14.2. The van der Waals surface area contributed by atoms with Crippen molar-refractivity contribution in [1.82, 2.24) is 5.32 Å². The fourth-order valence-electron chi connectivity index (χ4n) is 4.46. The van der Waals surface area contributed by atoms with Gasteiger partial charge < -0.3 is 10.2 Å². The molecule has 1 aromatic heterocycles. The minimum absolute atomic E-state index is 0.00374. The van der Waals surface area contributed by atoms with Crippen LogP contribution in [0.25, 0.3) is 0 Å². The number of rotatable bonds is 4. The quantitative estimate of drug-likeness (QED) is 0.782. The van der Waals surface area contributed by atoms with Crippen molar-refractivity contribution >= 4 is 38.7 Å². The molecule has 0 saturated carbocycles. The largest absolute Gasteiger partial charge is 0.350 e. The first-order valence-corrected chi connectivity index (χ1v) is 12.8. The van der Waals surface area contributed by atoms with Crippen molar-refractivity contribution < 1.29 is 18.0 Å².